The molecule has 0 heterocycles. The molecular weight excluding hydrogens is 290 g/mol. The van der Waals surface area contributed by atoms with Crippen LogP contribution in [0, 0.1) is 0 Å². The molecule has 0 aliphatic rings. The van der Waals surface area contributed by atoms with Gasteiger partial charge < -0.3 is 15.2 Å². The molecule has 0 aliphatic carbocycles. The summed E-state index contributed by atoms with van der Waals surface area (Å²) < 4.78 is 5.43. The molecule has 0 bridgehead atoms. The first kappa shape index (κ1) is 16.6. The van der Waals surface area contributed by atoms with Crippen LogP contribution in [-0.2, 0) is 11.3 Å². The van der Waals surface area contributed by atoms with E-state index in [1.807, 2.05) is 61.5 Å². The van der Waals surface area contributed by atoms with Crippen molar-refractivity contribution in [2.75, 3.05) is 6.61 Å². The normalized spacial score (nSPS) is 11.6. The molecule has 4 nitrogen and oxygen atoms in total. The highest BCUT2D eigenvalue weighted by molar-refractivity contribution is 5.95. The fourth-order valence-electron chi connectivity index (χ4n) is 2.23. The third kappa shape index (κ3) is 4.61. The molecule has 0 saturated heterocycles. The maximum Gasteiger partial charge on any atom is 0.333 e. The number of rotatable bonds is 7. The Morgan fingerprint density at radius 1 is 1.09 bits per heavy atom. The highest BCUT2D eigenvalue weighted by Crippen LogP contribution is 2.20. The first-order valence-corrected chi connectivity index (χ1v) is 7.57. The smallest absolute Gasteiger partial charge is 0.333 e. The molecular formula is C19H21NO3. The van der Waals surface area contributed by atoms with Crippen LogP contribution >= 0.6 is 0 Å². The molecule has 0 aliphatic heterocycles. The summed E-state index contributed by atoms with van der Waals surface area (Å²) in [6.45, 7) is 4.69. The summed E-state index contributed by atoms with van der Waals surface area (Å²) in [4.78, 5) is 11.4. The first-order chi connectivity index (χ1) is 11.1. The minimum absolute atomic E-state index is 0.282. The summed E-state index contributed by atoms with van der Waals surface area (Å²) in [6.07, 6.45) is 0. The van der Waals surface area contributed by atoms with Gasteiger partial charge in [0.05, 0.1) is 17.9 Å². The van der Waals surface area contributed by atoms with Crippen LogP contribution in [0.15, 0.2) is 60.2 Å². The average molecular weight is 311 g/mol. The lowest BCUT2D eigenvalue weighted by atomic mass is 10.1. The van der Waals surface area contributed by atoms with E-state index in [4.69, 9.17) is 4.74 Å². The van der Waals surface area contributed by atoms with E-state index in [0.29, 0.717) is 18.8 Å². The molecule has 0 atom stereocenters. The van der Waals surface area contributed by atoms with Crippen LogP contribution in [0.4, 0.5) is 0 Å². The summed E-state index contributed by atoms with van der Waals surface area (Å²) >= 11 is 0. The molecule has 0 unspecified atom stereocenters. The molecule has 4 heteroatoms. The second-order valence-electron chi connectivity index (χ2n) is 5.10. The van der Waals surface area contributed by atoms with Gasteiger partial charge in [-0.05, 0) is 49.2 Å². The maximum atomic E-state index is 11.4. The van der Waals surface area contributed by atoms with Crippen molar-refractivity contribution in [3.05, 3.63) is 71.3 Å². The number of nitrogens with one attached hydrogen (secondary N) is 1. The predicted octanol–water partition coefficient (Wildman–Crippen LogP) is 3.69. The Bertz CT molecular complexity index is 676. The van der Waals surface area contributed by atoms with Crippen molar-refractivity contribution in [1.82, 2.24) is 5.32 Å². The van der Waals surface area contributed by atoms with Crippen molar-refractivity contribution in [3.8, 4) is 5.75 Å². The zero-order chi connectivity index (χ0) is 16.7. The van der Waals surface area contributed by atoms with E-state index in [-0.39, 0.29) is 5.57 Å². The van der Waals surface area contributed by atoms with Crippen LogP contribution in [-0.4, -0.2) is 17.7 Å². The van der Waals surface area contributed by atoms with E-state index in [9.17, 15) is 9.90 Å². The van der Waals surface area contributed by atoms with E-state index in [0.717, 1.165) is 16.9 Å². The number of carboxylic acid groups (broad SMARTS) is 1. The topological polar surface area (TPSA) is 58.6 Å². The minimum atomic E-state index is -0.936. The lowest BCUT2D eigenvalue weighted by Crippen LogP contribution is -2.16. The van der Waals surface area contributed by atoms with Gasteiger partial charge in [-0.3, -0.25) is 0 Å². The standard InChI is InChI=1S/C19H21NO3/c1-3-23-17-11-9-16(10-12-17)18(14(2)19(21)22)20-13-15-7-5-4-6-8-15/h4-12,20H,3,13H2,1-2H3,(H,21,22). The molecule has 0 spiro atoms. The Hall–Kier alpha value is -2.75. The molecule has 0 aromatic heterocycles. The van der Waals surface area contributed by atoms with Crippen LogP contribution in [0.5, 0.6) is 5.75 Å². The van der Waals surface area contributed by atoms with Crippen LogP contribution in [0.2, 0.25) is 0 Å². The van der Waals surface area contributed by atoms with Gasteiger partial charge in [0.1, 0.15) is 5.75 Å². The second kappa shape index (κ2) is 8.03. The predicted molar refractivity (Wildman–Crippen MR) is 91.1 cm³/mol. The summed E-state index contributed by atoms with van der Waals surface area (Å²) in [5, 5.41) is 12.6. The van der Waals surface area contributed by atoms with Gasteiger partial charge in [-0.25, -0.2) is 4.79 Å². The maximum absolute atomic E-state index is 11.4. The Morgan fingerprint density at radius 2 is 1.74 bits per heavy atom. The lowest BCUT2D eigenvalue weighted by molar-refractivity contribution is -0.132. The Morgan fingerprint density at radius 3 is 2.30 bits per heavy atom. The van der Waals surface area contributed by atoms with Crippen molar-refractivity contribution >= 4 is 11.7 Å². The Labute approximate surface area is 136 Å². The van der Waals surface area contributed by atoms with Gasteiger partial charge in [-0.15, -0.1) is 0 Å². The highest BCUT2D eigenvalue weighted by Gasteiger charge is 2.12. The van der Waals surface area contributed by atoms with Gasteiger partial charge >= 0.3 is 5.97 Å². The number of aliphatic carboxylic acids is 1. The number of hydrogen-bond acceptors (Lipinski definition) is 3. The summed E-state index contributed by atoms with van der Waals surface area (Å²) in [7, 11) is 0. The molecule has 2 aromatic rings. The summed E-state index contributed by atoms with van der Waals surface area (Å²) in [6, 6.07) is 17.3. The zero-order valence-electron chi connectivity index (χ0n) is 13.4. The minimum Gasteiger partial charge on any atom is -0.494 e. The quantitative estimate of drug-likeness (QED) is 0.766. The molecule has 0 fully saturated rings. The summed E-state index contributed by atoms with van der Waals surface area (Å²) in [5.41, 5.74) is 2.81. The van der Waals surface area contributed by atoms with Crippen molar-refractivity contribution in [3.63, 3.8) is 0 Å². The molecule has 2 N–H and O–H groups in total. The average Bonchev–Trinajstić information content (AvgIpc) is 2.57. The van der Waals surface area contributed by atoms with Gasteiger partial charge in [-0.1, -0.05) is 30.3 Å². The van der Waals surface area contributed by atoms with Crippen molar-refractivity contribution in [2.24, 2.45) is 0 Å². The van der Waals surface area contributed by atoms with Crippen LogP contribution in [0.25, 0.3) is 5.70 Å². The van der Waals surface area contributed by atoms with Crippen LogP contribution in [0.3, 0.4) is 0 Å². The molecule has 23 heavy (non-hydrogen) atoms. The first-order valence-electron chi connectivity index (χ1n) is 7.57. The SMILES string of the molecule is CCOc1ccc(C(NCc2ccccc2)=C(C)C(=O)O)cc1. The third-order valence-corrected chi connectivity index (χ3v) is 3.46. The Kier molecular flexibility index (Phi) is 5.80. The third-order valence-electron chi connectivity index (χ3n) is 3.46. The van der Waals surface area contributed by atoms with Gasteiger partial charge in [0.2, 0.25) is 0 Å². The van der Waals surface area contributed by atoms with Gasteiger partial charge in [0, 0.05) is 6.54 Å². The van der Waals surface area contributed by atoms with Crippen molar-refractivity contribution in [1.29, 1.82) is 0 Å². The van der Waals surface area contributed by atoms with E-state index < -0.39 is 5.97 Å². The van der Waals surface area contributed by atoms with E-state index >= 15 is 0 Å². The number of carboxylic acids is 1. The van der Waals surface area contributed by atoms with E-state index in [2.05, 4.69) is 5.32 Å². The lowest BCUT2D eigenvalue weighted by Gasteiger charge is -2.14. The number of carbonyl (C=O) groups is 1. The van der Waals surface area contributed by atoms with Crippen molar-refractivity contribution < 1.29 is 14.6 Å². The number of hydrogen-bond donors (Lipinski definition) is 2. The fourth-order valence-corrected chi connectivity index (χ4v) is 2.23. The number of ether oxygens (including phenoxy) is 1. The van der Waals surface area contributed by atoms with Gasteiger partial charge in [-0.2, -0.15) is 0 Å². The van der Waals surface area contributed by atoms with Crippen LogP contribution in [0.1, 0.15) is 25.0 Å². The molecule has 0 radical (unpaired) electrons. The van der Waals surface area contributed by atoms with E-state index in [1.165, 1.54) is 0 Å². The highest BCUT2D eigenvalue weighted by atomic mass is 16.5. The number of benzene rings is 2. The largest absolute Gasteiger partial charge is 0.494 e. The van der Waals surface area contributed by atoms with Gasteiger partial charge in [0.25, 0.3) is 0 Å². The molecule has 2 rings (SSSR count). The van der Waals surface area contributed by atoms with E-state index in [1.54, 1.807) is 6.92 Å². The summed E-state index contributed by atoms with van der Waals surface area (Å²) in [5.74, 6) is -0.166. The van der Waals surface area contributed by atoms with Gasteiger partial charge in [0.15, 0.2) is 0 Å². The van der Waals surface area contributed by atoms with Crippen molar-refractivity contribution in [2.45, 2.75) is 20.4 Å². The molecule has 2 aromatic carbocycles. The zero-order valence-corrected chi connectivity index (χ0v) is 13.4. The Balaban J connectivity index is 2.24. The molecule has 0 amide bonds. The molecule has 120 valence electrons. The molecule has 0 saturated carbocycles. The monoisotopic (exact) mass is 311 g/mol. The fraction of sp³-hybridized carbons (Fsp3) is 0.211. The van der Waals surface area contributed by atoms with Crippen LogP contribution < -0.4 is 10.1 Å². The second-order valence-corrected chi connectivity index (χ2v) is 5.10.